The largest absolute Gasteiger partial charge is 0.467 e. The minimum Gasteiger partial charge on any atom is -0.467 e. The summed E-state index contributed by atoms with van der Waals surface area (Å²) in [5.41, 5.74) is 6.58. The number of carbonyl (C=O) groups excluding carboxylic acids is 1. The number of hydrogen-bond acceptors (Lipinski definition) is 3. The topological polar surface area (TPSA) is 66.3 Å². The van der Waals surface area contributed by atoms with Crippen molar-refractivity contribution in [2.24, 2.45) is 5.92 Å². The monoisotopic (exact) mass is 315 g/mol. The minimum absolute atomic E-state index is 0.0165. The van der Waals surface area contributed by atoms with Gasteiger partial charge in [-0.15, -0.1) is 0 Å². The Bertz CT molecular complexity index is 643. The zero-order chi connectivity index (χ0) is 15.4. The van der Waals surface area contributed by atoms with Crippen molar-refractivity contribution in [1.82, 2.24) is 16.2 Å². The van der Waals surface area contributed by atoms with Crippen LogP contribution in [0.4, 0.5) is 0 Å². The van der Waals surface area contributed by atoms with Gasteiger partial charge in [0, 0.05) is 5.92 Å². The Labute approximate surface area is 134 Å². The molecule has 1 aliphatic carbocycles. The molecule has 1 aromatic heterocycles. The van der Waals surface area contributed by atoms with Gasteiger partial charge in [-0.25, -0.2) is 0 Å². The highest BCUT2D eigenvalue weighted by atomic mass is 32.1. The highest BCUT2D eigenvalue weighted by Gasteiger charge is 2.43. The van der Waals surface area contributed by atoms with Crippen LogP contribution in [-0.4, -0.2) is 11.0 Å². The minimum atomic E-state index is -0.0315. The molecule has 3 N–H and O–H groups in total. The van der Waals surface area contributed by atoms with Gasteiger partial charge >= 0.3 is 0 Å². The number of nitrogens with one attached hydrogen (secondary N) is 3. The molecule has 1 amide bonds. The summed E-state index contributed by atoms with van der Waals surface area (Å²) >= 11 is 5.10. The van der Waals surface area contributed by atoms with E-state index in [1.165, 1.54) is 5.56 Å². The van der Waals surface area contributed by atoms with Crippen molar-refractivity contribution in [3.63, 3.8) is 0 Å². The molecule has 1 aliphatic rings. The van der Waals surface area contributed by atoms with Crippen LogP contribution in [0.3, 0.4) is 0 Å². The van der Waals surface area contributed by atoms with Crippen LogP contribution in [0.25, 0.3) is 0 Å². The van der Waals surface area contributed by atoms with Crippen molar-refractivity contribution >= 4 is 23.2 Å². The van der Waals surface area contributed by atoms with Crippen LogP contribution in [0.1, 0.15) is 23.7 Å². The van der Waals surface area contributed by atoms with Crippen molar-refractivity contribution in [3.8, 4) is 0 Å². The first kappa shape index (κ1) is 14.6. The van der Waals surface area contributed by atoms with Gasteiger partial charge in [0.25, 0.3) is 0 Å². The molecule has 114 valence electrons. The smallest absolute Gasteiger partial charge is 0.242 e. The van der Waals surface area contributed by atoms with E-state index in [2.05, 4.69) is 28.3 Å². The van der Waals surface area contributed by atoms with Crippen molar-refractivity contribution < 1.29 is 9.21 Å². The zero-order valence-corrected chi connectivity index (χ0v) is 12.7. The molecule has 0 bridgehead atoms. The van der Waals surface area contributed by atoms with Crippen LogP contribution in [0.15, 0.2) is 53.1 Å². The van der Waals surface area contributed by atoms with E-state index >= 15 is 0 Å². The van der Waals surface area contributed by atoms with Crippen LogP contribution in [0, 0.1) is 5.92 Å². The van der Waals surface area contributed by atoms with Gasteiger partial charge in [-0.2, -0.15) is 0 Å². The van der Waals surface area contributed by atoms with Crippen LogP contribution >= 0.6 is 12.2 Å². The van der Waals surface area contributed by atoms with Gasteiger partial charge in [-0.05, 0) is 42.3 Å². The predicted molar refractivity (Wildman–Crippen MR) is 86.7 cm³/mol. The fourth-order valence-electron chi connectivity index (χ4n) is 2.39. The standard InChI is InChI=1S/C16H17N3O2S/c20-15(14-9-13(14)11-5-2-1-3-6-11)18-19-16(22)17-10-12-7-4-8-21-12/h1-8,13-14H,9-10H2,(H,18,20)(H2,17,19,22)/t13-,14+/m0/s1. The second-order valence-electron chi connectivity index (χ2n) is 5.24. The van der Waals surface area contributed by atoms with Gasteiger partial charge in [-0.1, -0.05) is 30.3 Å². The first-order valence-electron chi connectivity index (χ1n) is 7.15. The number of benzene rings is 1. The summed E-state index contributed by atoms with van der Waals surface area (Å²) in [4.78, 5) is 12.0. The van der Waals surface area contributed by atoms with Crippen LogP contribution in [0.2, 0.25) is 0 Å². The third-order valence-electron chi connectivity index (χ3n) is 3.66. The number of amides is 1. The molecular formula is C16H17N3O2S. The van der Waals surface area contributed by atoms with Crippen LogP contribution in [-0.2, 0) is 11.3 Å². The summed E-state index contributed by atoms with van der Waals surface area (Å²) < 4.78 is 5.18. The molecule has 0 radical (unpaired) electrons. The molecule has 1 fully saturated rings. The highest BCUT2D eigenvalue weighted by molar-refractivity contribution is 7.80. The first-order chi connectivity index (χ1) is 10.7. The molecule has 3 rings (SSSR count). The van der Waals surface area contributed by atoms with Crippen molar-refractivity contribution in [2.45, 2.75) is 18.9 Å². The second-order valence-corrected chi connectivity index (χ2v) is 5.64. The third-order valence-corrected chi connectivity index (χ3v) is 3.90. The van der Waals surface area contributed by atoms with Crippen LogP contribution in [0.5, 0.6) is 0 Å². The van der Waals surface area contributed by atoms with Gasteiger partial charge in [0.1, 0.15) is 5.76 Å². The Morgan fingerprint density at radius 3 is 2.73 bits per heavy atom. The summed E-state index contributed by atoms with van der Waals surface area (Å²) in [6.45, 7) is 0.477. The normalized spacial score (nSPS) is 19.3. The average molecular weight is 315 g/mol. The molecule has 1 aromatic carbocycles. The summed E-state index contributed by atoms with van der Waals surface area (Å²) in [7, 11) is 0. The molecule has 2 aromatic rings. The number of carbonyl (C=O) groups is 1. The fraction of sp³-hybridized carbons (Fsp3) is 0.250. The third kappa shape index (κ3) is 3.65. The Balaban J connectivity index is 1.39. The number of hydrogen-bond donors (Lipinski definition) is 3. The Kier molecular flexibility index (Phi) is 4.39. The van der Waals surface area contributed by atoms with Gasteiger partial charge in [0.05, 0.1) is 12.8 Å². The van der Waals surface area contributed by atoms with Gasteiger partial charge < -0.3 is 9.73 Å². The molecule has 0 aliphatic heterocycles. The summed E-state index contributed by atoms with van der Waals surface area (Å²) in [5.74, 6) is 1.08. The van der Waals surface area contributed by atoms with Gasteiger partial charge in [0.15, 0.2) is 5.11 Å². The molecule has 1 saturated carbocycles. The number of thiocarbonyl (C=S) groups is 1. The molecule has 6 heteroatoms. The lowest BCUT2D eigenvalue weighted by molar-refractivity contribution is -0.122. The maximum absolute atomic E-state index is 12.0. The average Bonchev–Trinajstić information content (AvgIpc) is 3.19. The number of furan rings is 1. The molecule has 1 heterocycles. The molecule has 0 spiro atoms. The zero-order valence-electron chi connectivity index (χ0n) is 11.9. The van der Waals surface area contributed by atoms with E-state index in [0.717, 1.165) is 12.2 Å². The van der Waals surface area contributed by atoms with E-state index in [4.69, 9.17) is 16.6 Å². The second kappa shape index (κ2) is 6.62. The summed E-state index contributed by atoms with van der Waals surface area (Å²) in [6, 6.07) is 13.7. The maximum atomic E-state index is 12.0. The van der Waals surface area contributed by atoms with E-state index < -0.39 is 0 Å². The molecule has 22 heavy (non-hydrogen) atoms. The maximum Gasteiger partial charge on any atom is 0.242 e. The fourth-order valence-corrected chi connectivity index (χ4v) is 2.51. The van der Waals surface area contributed by atoms with Gasteiger partial charge in [-0.3, -0.25) is 15.6 Å². The highest BCUT2D eigenvalue weighted by Crippen LogP contribution is 2.47. The van der Waals surface area contributed by atoms with E-state index in [9.17, 15) is 4.79 Å². The number of rotatable bonds is 4. The Morgan fingerprint density at radius 1 is 1.18 bits per heavy atom. The molecule has 0 unspecified atom stereocenters. The summed E-state index contributed by atoms with van der Waals surface area (Å²) in [6.07, 6.45) is 2.48. The predicted octanol–water partition coefficient (Wildman–Crippen LogP) is 2.08. The first-order valence-corrected chi connectivity index (χ1v) is 7.56. The van der Waals surface area contributed by atoms with Crippen molar-refractivity contribution in [2.75, 3.05) is 0 Å². The van der Waals surface area contributed by atoms with E-state index in [0.29, 0.717) is 17.6 Å². The summed E-state index contributed by atoms with van der Waals surface area (Å²) in [5, 5.41) is 3.32. The quantitative estimate of drug-likeness (QED) is 0.595. The van der Waals surface area contributed by atoms with Crippen LogP contribution < -0.4 is 16.2 Å². The lowest BCUT2D eigenvalue weighted by atomic mass is 10.1. The van der Waals surface area contributed by atoms with Crippen molar-refractivity contribution in [1.29, 1.82) is 0 Å². The molecular weight excluding hydrogens is 298 g/mol. The van der Waals surface area contributed by atoms with E-state index in [-0.39, 0.29) is 11.8 Å². The number of hydrazine groups is 1. The molecule has 5 nitrogen and oxygen atoms in total. The van der Waals surface area contributed by atoms with Gasteiger partial charge in [0.2, 0.25) is 5.91 Å². The lowest BCUT2D eigenvalue weighted by Crippen LogP contribution is -2.47. The van der Waals surface area contributed by atoms with Crippen molar-refractivity contribution in [3.05, 3.63) is 60.1 Å². The Hall–Kier alpha value is -2.34. The lowest BCUT2D eigenvalue weighted by Gasteiger charge is -2.10. The van der Waals surface area contributed by atoms with E-state index in [1.807, 2.05) is 30.3 Å². The SMILES string of the molecule is O=C(NNC(=S)NCc1ccco1)[C@@H]1C[C@H]1c1ccccc1. The van der Waals surface area contributed by atoms with E-state index in [1.54, 1.807) is 6.26 Å². The molecule has 0 saturated heterocycles. The Morgan fingerprint density at radius 2 is 2.00 bits per heavy atom. The molecule has 2 atom stereocenters.